The third-order valence-corrected chi connectivity index (χ3v) is 2.78. The molecule has 0 amide bonds. The number of hydrogen-bond acceptors (Lipinski definition) is 3. The van der Waals surface area contributed by atoms with E-state index in [4.69, 9.17) is 9.47 Å². The van der Waals surface area contributed by atoms with Crippen LogP contribution >= 0.6 is 15.9 Å². The van der Waals surface area contributed by atoms with Gasteiger partial charge < -0.3 is 14.6 Å². The van der Waals surface area contributed by atoms with Crippen molar-refractivity contribution in [2.24, 2.45) is 0 Å². The van der Waals surface area contributed by atoms with Crippen LogP contribution in [0.4, 0.5) is 0 Å². The first-order chi connectivity index (χ1) is 6.61. The summed E-state index contributed by atoms with van der Waals surface area (Å²) in [5.74, 6) is 1.25. The largest absolute Gasteiger partial charge is 0.493 e. The molecule has 1 N–H and O–H groups in total. The van der Waals surface area contributed by atoms with Gasteiger partial charge in [0.1, 0.15) is 0 Å². The van der Waals surface area contributed by atoms with Gasteiger partial charge in [-0.05, 0) is 34.5 Å². The molecule has 1 aromatic carbocycles. The summed E-state index contributed by atoms with van der Waals surface area (Å²) in [6.45, 7) is 1.70. The van der Waals surface area contributed by atoms with Crippen LogP contribution in [0.1, 0.15) is 18.6 Å². The van der Waals surface area contributed by atoms with E-state index in [0.29, 0.717) is 11.5 Å². The maximum Gasteiger partial charge on any atom is 0.175 e. The van der Waals surface area contributed by atoms with Crippen molar-refractivity contribution < 1.29 is 14.6 Å². The zero-order valence-corrected chi connectivity index (χ0v) is 9.96. The van der Waals surface area contributed by atoms with Gasteiger partial charge in [0.25, 0.3) is 0 Å². The number of benzene rings is 1. The summed E-state index contributed by atoms with van der Waals surface area (Å²) in [4.78, 5) is 0. The number of methoxy groups -OCH3 is 2. The van der Waals surface area contributed by atoms with Crippen LogP contribution < -0.4 is 9.47 Å². The molecule has 1 rings (SSSR count). The summed E-state index contributed by atoms with van der Waals surface area (Å²) in [5.41, 5.74) is 0.780. The summed E-state index contributed by atoms with van der Waals surface area (Å²) in [5, 5.41) is 9.46. The molecule has 0 aliphatic heterocycles. The fourth-order valence-corrected chi connectivity index (χ4v) is 2.05. The number of aliphatic hydroxyl groups excluding tert-OH is 1. The Kier molecular flexibility index (Phi) is 3.77. The van der Waals surface area contributed by atoms with E-state index in [1.165, 1.54) is 0 Å². The third-order valence-electron chi connectivity index (χ3n) is 1.96. The quantitative estimate of drug-likeness (QED) is 0.908. The molecular formula is C10H13BrO3. The van der Waals surface area contributed by atoms with E-state index in [9.17, 15) is 5.11 Å². The van der Waals surface area contributed by atoms with Gasteiger partial charge in [-0.2, -0.15) is 0 Å². The Bertz CT molecular complexity index is 323. The summed E-state index contributed by atoms with van der Waals surface area (Å²) in [6.07, 6.45) is -0.538. The molecule has 0 saturated carbocycles. The topological polar surface area (TPSA) is 38.7 Å². The molecule has 0 spiro atoms. The van der Waals surface area contributed by atoms with Gasteiger partial charge in [-0.3, -0.25) is 0 Å². The minimum Gasteiger partial charge on any atom is -0.493 e. The van der Waals surface area contributed by atoms with Gasteiger partial charge in [0.05, 0.1) is 24.8 Å². The first-order valence-electron chi connectivity index (χ1n) is 4.20. The standard InChI is InChI=1S/C10H13BrO3/c1-6(12)7-4-5-8(13-2)10(14-3)9(7)11/h4-6,12H,1-3H3/t6-/m0/s1. The lowest BCUT2D eigenvalue weighted by atomic mass is 10.1. The molecule has 0 fully saturated rings. The minimum absolute atomic E-state index is 0.538. The van der Waals surface area contributed by atoms with Crippen LogP contribution in [0.5, 0.6) is 11.5 Å². The first kappa shape index (κ1) is 11.3. The average Bonchev–Trinajstić information content (AvgIpc) is 2.16. The Morgan fingerprint density at radius 1 is 1.29 bits per heavy atom. The summed E-state index contributed by atoms with van der Waals surface area (Å²) in [7, 11) is 3.14. The lowest BCUT2D eigenvalue weighted by molar-refractivity contribution is 0.197. The third kappa shape index (κ3) is 2.01. The predicted octanol–water partition coefficient (Wildman–Crippen LogP) is 2.52. The average molecular weight is 261 g/mol. The lowest BCUT2D eigenvalue weighted by Crippen LogP contribution is -1.97. The van der Waals surface area contributed by atoms with Crippen LogP contribution in [-0.4, -0.2) is 19.3 Å². The van der Waals surface area contributed by atoms with E-state index in [0.717, 1.165) is 10.0 Å². The zero-order chi connectivity index (χ0) is 10.7. The molecule has 0 unspecified atom stereocenters. The van der Waals surface area contributed by atoms with Crippen molar-refractivity contribution in [1.29, 1.82) is 0 Å². The van der Waals surface area contributed by atoms with Gasteiger partial charge in [-0.25, -0.2) is 0 Å². The van der Waals surface area contributed by atoms with Gasteiger partial charge in [0, 0.05) is 0 Å². The van der Waals surface area contributed by atoms with Gasteiger partial charge in [-0.1, -0.05) is 6.07 Å². The highest BCUT2D eigenvalue weighted by Gasteiger charge is 2.14. The van der Waals surface area contributed by atoms with Crippen LogP contribution in [0.2, 0.25) is 0 Å². The van der Waals surface area contributed by atoms with E-state index in [2.05, 4.69) is 15.9 Å². The monoisotopic (exact) mass is 260 g/mol. The van der Waals surface area contributed by atoms with E-state index in [-0.39, 0.29) is 0 Å². The number of rotatable bonds is 3. The van der Waals surface area contributed by atoms with E-state index < -0.39 is 6.10 Å². The van der Waals surface area contributed by atoms with Gasteiger partial charge in [0.15, 0.2) is 11.5 Å². The molecular weight excluding hydrogens is 248 g/mol. The highest BCUT2D eigenvalue weighted by Crippen LogP contribution is 2.39. The molecule has 0 heterocycles. The molecule has 0 aromatic heterocycles. The van der Waals surface area contributed by atoms with Crippen molar-refractivity contribution in [1.82, 2.24) is 0 Å². The van der Waals surface area contributed by atoms with E-state index in [1.54, 1.807) is 33.3 Å². The first-order valence-corrected chi connectivity index (χ1v) is 4.99. The Balaban J connectivity index is 3.27. The second kappa shape index (κ2) is 4.66. The number of ether oxygens (including phenoxy) is 2. The fraction of sp³-hybridized carbons (Fsp3) is 0.400. The maximum atomic E-state index is 9.46. The molecule has 0 saturated heterocycles. The van der Waals surface area contributed by atoms with Crippen molar-refractivity contribution in [3.63, 3.8) is 0 Å². The maximum absolute atomic E-state index is 9.46. The Morgan fingerprint density at radius 2 is 1.93 bits per heavy atom. The van der Waals surface area contributed by atoms with Crippen LogP contribution in [0.3, 0.4) is 0 Å². The van der Waals surface area contributed by atoms with E-state index >= 15 is 0 Å². The molecule has 3 nitrogen and oxygen atoms in total. The summed E-state index contributed by atoms with van der Waals surface area (Å²) in [6, 6.07) is 3.57. The van der Waals surface area contributed by atoms with Gasteiger partial charge in [-0.15, -0.1) is 0 Å². The van der Waals surface area contributed by atoms with Gasteiger partial charge >= 0.3 is 0 Å². The Hall–Kier alpha value is -0.740. The van der Waals surface area contributed by atoms with Crippen LogP contribution in [-0.2, 0) is 0 Å². The molecule has 0 aliphatic rings. The highest BCUT2D eigenvalue weighted by atomic mass is 79.9. The number of aliphatic hydroxyl groups is 1. The van der Waals surface area contributed by atoms with Crippen molar-refractivity contribution in [2.75, 3.05) is 14.2 Å². The molecule has 0 bridgehead atoms. The van der Waals surface area contributed by atoms with Gasteiger partial charge in [0.2, 0.25) is 0 Å². The SMILES string of the molecule is COc1ccc([C@H](C)O)c(Br)c1OC. The second-order valence-electron chi connectivity index (χ2n) is 2.88. The zero-order valence-electron chi connectivity index (χ0n) is 8.37. The van der Waals surface area contributed by atoms with Crippen LogP contribution in [0.15, 0.2) is 16.6 Å². The number of hydrogen-bond donors (Lipinski definition) is 1. The number of halogens is 1. The highest BCUT2D eigenvalue weighted by molar-refractivity contribution is 9.10. The van der Waals surface area contributed by atoms with Crippen molar-refractivity contribution in [3.05, 3.63) is 22.2 Å². The lowest BCUT2D eigenvalue weighted by Gasteiger charge is -2.14. The predicted molar refractivity (Wildman–Crippen MR) is 57.9 cm³/mol. The molecule has 4 heteroatoms. The van der Waals surface area contributed by atoms with Crippen molar-refractivity contribution in [3.8, 4) is 11.5 Å². The molecule has 0 aliphatic carbocycles. The molecule has 0 radical (unpaired) electrons. The minimum atomic E-state index is -0.538. The Labute approximate surface area is 91.8 Å². The van der Waals surface area contributed by atoms with Crippen LogP contribution in [0.25, 0.3) is 0 Å². The Morgan fingerprint density at radius 3 is 2.36 bits per heavy atom. The fourth-order valence-electron chi connectivity index (χ4n) is 1.23. The molecule has 78 valence electrons. The molecule has 1 atom stereocenters. The van der Waals surface area contributed by atoms with Crippen molar-refractivity contribution in [2.45, 2.75) is 13.0 Å². The second-order valence-corrected chi connectivity index (χ2v) is 3.67. The molecule has 14 heavy (non-hydrogen) atoms. The van der Waals surface area contributed by atoms with E-state index in [1.807, 2.05) is 0 Å². The van der Waals surface area contributed by atoms with Crippen LogP contribution in [0, 0.1) is 0 Å². The smallest absolute Gasteiger partial charge is 0.175 e. The summed E-state index contributed by atoms with van der Waals surface area (Å²) >= 11 is 3.37. The molecule has 1 aromatic rings. The van der Waals surface area contributed by atoms with Crippen molar-refractivity contribution >= 4 is 15.9 Å². The normalized spacial score (nSPS) is 12.4. The summed E-state index contributed by atoms with van der Waals surface area (Å²) < 4.78 is 11.0.